The van der Waals surface area contributed by atoms with E-state index in [9.17, 15) is 18.0 Å². The van der Waals surface area contributed by atoms with Crippen LogP contribution in [0.5, 0.6) is 0 Å². The fraction of sp³-hybridized carbons (Fsp3) is 0.462. The topological polar surface area (TPSA) is 41.1 Å². The normalized spacial score (nSPS) is 10.8. The molecule has 1 amide bonds. The zero-order valence-electron chi connectivity index (χ0n) is 11.1. The minimum atomic E-state index is -3.65. The molecule has 0 bridgehead atoms. The Balaban J connectivity index is 0.00000361. The van der Waals surface area contributed by atoms with E-state index in [1.54, 1.807) is 0 Å². The highest BCUT2D eigenvalue weighted by Crippen LogP contribution is 2.28. The standard InChI is InChI=1S/C13H17F3N2O.ClH/c1-2-7-17-8-9-18-12(19)13(15,16)10-3-5-11(14)6-4-10;/h3-6,17H,2,7-9H2,1H3,(H,18,19);1H. The minimum Gasteiger partial charge on any atom is -0.349 e. The number of nitrogens with one attached hydrogen (secondary N) is 2. The number of halogens is 4. The second kappa shape index (κ2) is 8.81. The van der Waals surface area contributed by atoms with Crippen LogP contribution in [0.25, 0.3) is 0 Å². The van der Waals surface area contributed by atoms with Crippen LogP contribution in [-0.4, -0.2) is 25.5 Å². The Hall–Kier alpha value is -1.27. The van der Waals surface area contributed by atoms with Crippen LogP contribution in [-0.2, 0) is 10.7 Å². The Kier molecular flexibility index (Phi) is 8.25. The van der Waals surface area contributed by atoms with E-state index in [-0.39, 0.29) is 19.0 Å². The van der Waals surface area contributed by atoms with E-state index in [4.69, 9.17) is 0 Å². The van der Waals surface area contributed by atoms with Crippen molar-refractivity contribution in [2.45, 2.75) is 19.3 Å². The molecule has 1 rings (SSSR count). The fourth-order valence-corrected chi connectivity index (χ4v) is 1.47. The van der Waals surface area contributed by atoms with Crippen LogP contribution in [0, 0.1) is 5.82 Å². The van der Waals surface area contributed by atoms with Gasteiger partial charge >= 0.3 is 5.92 Å². The maximum absolute atomic E-state index is 13.7. The summed E-state index contributed by atoms with van der Waals surface area (Å²) in [5, 5.41) is 5.13. The molecule has 0 spiro atoms. The van der Waals surface area contributed by atoms with Crippen molar-refractivity contribution < 1.29 is 18.0 Å². The van der Waals surface area contributed by atoms with Crippen LogP contribution in [0.2, 0.25) is 0 Å². The van der Waals surface area contributed by atoms with Gasteiger partial charge in [-0.3, -0.25) is 4.79 Å². The highest BCUT2D eigenvalue weighted by Gasteiger charge is 2.40. The molecule has 1 aromatic carbocycles. The van der Waals surface area contributed by atoms with Gasteiger partial charge in [0, 0.05) is 18.7 Å². The molecule has 0 atom stereocenters. The van der Waals surface area contributed by atoms with Gasteiger partial charge in [-0.1, -0.05) is 6.92 Å². The fourth-order valence-electron chi connectivity index (χ4n) is 1.47. The number of amides is 1. The van der Waals surface area contributed by atoms with Crippen molar-refractivity contribution in [1.29, 1.82) is 0 Å². The first-order valence-electron chi connectivity index (χ1n) is 6.11. The summed E-state index contributed by atoms with van der Waals surface area (Å²) in [6, 6.07) is 3.62. The Morgan fingerprint density at radius 2 is 1.75 bits per heavy atom. The van der Waals surface area contributed by atoms with Gasteiger partial charge in [-0.15, -0.1) is 12.4 Å². The van der Waals surface area contributed by atoms with E-state index in [1.165, 1.54) is 0 Å². The van der Waals surface area contributed by atoms with Crippen LogP contribution in [0.15, 0.2) is 24.3 Å². The molecule has 0 aliphatic heterocycles. The number of benzene rings is 1. The zero-order valence-corrected chi connectivity index (χ0v) is 11.9. The molecule has 3 nitrogen and oxygen atoms in total. The summed E-state index contributed by atoms with van der Waals surface area (Å²) in [5.41, 5.74) is -0.520. The van der Waals surface area contributed by atoms with Crippen LogP contribution >= 0.6 is 12.4 Å². The smallest absolute Gasteiger partial charge is 0.349 e. The number of carbonyl (C=O) groups excluding carboxylic acids is 1. The predicted molar refractivity (Wildman–Crippen MR) is 73.7 cm³/mol. The third-order valence-electron chi connectivity index (χ3n) is 2.51. The summed E-state index contributed by atoms with van der Waals surface area (Å²) >= 11 is 0. The summed E-state index contributed by atoms with van der Waals surface area (Å²) in [6.07, 6.45) is 0.930. The predicted octanol–water partition coefficient (Wildman–Crippen LogP) is 2.46. The molecule has 0 saturated heterocycles. The van der Waals surface area contributed by atoms with Crippen molar-refractivity contribution in [1.82, 2.24) is 10.6 Å². The summed E-state index contributed by atoms with van der Waals surface area (Å²) in [5.74, 6) is -5.65. The number of hydrogen-bond donors (Lipinski definition) is 2. The summed E-state index contributed by atoms with van der Waals surface area (Å²) in [7, 11) is 0. The zero-order chi connectivity index (χ0) is 14.3. The van der Waals surface area contributed by atoms with Crippen LogP contribution < -0.4 is 10.6 Å². The average Bonchev–Trinajstić information content (AvgIpc) is 2.38. The number of hydrogen-bond acceptors (Lipinski definition) is 2. The van der Waals surface area contributed by atoms with Gasteiger partial charge in [0.25, 0.3) is 5.91 Å². The van der Waals surface area contributed by atoms with Gasteiger partial charge in [0.1, 0.15) is 5.82 Å². The minimum absolute atomic E-state index is 0. The average molecular weight is 311 g/mol. The van der Waals surface area contributed by atoms with Gasteiger partial charge in [0.2, 0.25) is 0 Å². The van der Waals surface area contributed by atoms with Crippen molar-refractivity contribution >= 4 is 18.3 Å². The monoisotopic (exact) mass is 310 g/mol. The Morgan fingerprint density at radius 3 is 2.30 bits per heavy atom. The van der Waals surface area contributed by atoms with Gasteiger partial charge in [-0.05, 0) is 37.2 Å². The molecular weight excluding hydrogens is 293 g/mol. The first-order chi connectivity index (χ1) is 8.98. The molecule has 0 fully saturated rings. The van der Waals surface area contributed by atoms with E-state index >= 15 is 0 Å². The lowest BCUT2D eigenvalue weighted by atomic mass is 10.1. The second-order valence-electron chi connectivity index (χ2n) is 4.09. The van der Waals surface area contributed by atoms with Gasteiger partial charge in [0.05, 0.1) is 0 Å². The van der Waals surface area contributed by atoms with E-state index in [0.29, 0.717) is 6.54 Å². The van der Waals surface area contributed by atoms with Crippen molar-refractivity contribution in [3.05, 3.63) is 35.6 Å². The van der Waals surface area contributed by atoms with Crippen molar-refractivity contribution in [2.24, 2.45) is 0 Å². The Bertz CT molecular complexity index is 413. The molecule has 0 saturated carbocycles. The largest absolute Gasteiger partial charge is 0.349 e. The second-order valence-corrected chi connectivity index (χ2v) is 4.09. The lowest BCUT2D eigenvalue weighted by Crippen LogP contribution is -2.41. The van der Waals surface area contributed by atoms with E-state index < -0.39 is 23.2 Å². The lowest BCUT2D eigenvalue weighted by molar-refractivity contribution is -0.146. The van der Waals surface area contributed by atoms with Gasteiger partial charge in [-0.2, -0.15) is 8.78 Å². The molecular formula is C13H18ClF3N2O. The lowest BCUT2D eigenvalue weighted by Gasteiger charge is -2.16. The summed E-state index contributed by atoms with van der Waals surface area (Å²) in [4.78, 5) is 11.4. The molecule has 0 unspecified atom stereocenters. The molecule has 0 aliphatic carbocycles. The summed E-state index contributed by atoms with van der Waals surface area (Å²) < 4.78 is 40.0. The van der Waals surface area contributed by atoms with Crippen LogP contribution in [0.3, 0.4) is 0 Å². The quantitative estimate of drug-likeness (QED) is 0.760. The molecule has 1 aromatic rings. The molecule has 2 N–H and O–H groups in total. The number of carbonyl (C=O) groups is 1. The Labute approximate surface area is 122 Å². The summed E-state index contributed by atoms with van der Waals surface area (Å²) in [6.45, 7) is 3.30. The van der Waals surface area contributed by atoms with Crippen LogP contribution in [0.4, 0.5) is 13.2 Å². The van der Waals surface area contributed by atoms with Gasteiger partial charge in [0.15, 0.2) is 0 Å². The number of alkyl halides is 2. The van der Waals surface area contributed by atoms with E-state index in [1.807, 2.05) is 6.92 Å². The first kappa shape index (κ1) is 18.7. The molecule has 0 heterocycles. The molecule has 0 radical (unpaired) electrons. The molecule has 0 aromatic heterocycles. The van der Waals surface area contributed by atoms with Gasteiger partial charge in [-0.25, -0.2) is 4.39 Å². The van der Waals surface area contributed by atoms with Gasteiger partial charge < -0.3 is 10.6 Å². The molecule has 7 heteroatoms. The van der Waals surface area contributed by atoms with Crippen molar-refractivity contribution in [2.75, 3.05) is 19.6 Å². The SMILES string of the molecule is CCCNCCNC(=O)C(F)(F)c1ccc(F)cc1.Cl. The molecule has 0 aliphatic rings. The van der Waals surface area contributed by atoms with E-state index in [2.05, 4.69) is 10.6 Å². The van der Waals surface area contributed by atoms with Crippen molar-refractivity contribution in [3.63, 3.8) is 0 Å². The first-order valence-corrected chi connectivity index (χ1v) is 6.11. The van der Waals surface area contributed by atoms with Crippen molar-refractivity contribution in [3.8, 4) is 0 Å². The Morgan fingerprint density at radius 1 is 1.15 bits per heavy atom. The molecule has 114 valence electrons. The molecule has 20 heavy (non-hydrogen) atoms. The number of rotatable bonds is 7. The van der Waals surface area contributed by atoms with E-state index in [0.717, 1.165) is 37.2 Å². The highest BCUT2D eigenvalue weighted by molar-refractivity contribution is 5.85. The maximum atomic E-state index is 13.7. The van der Waals surface area contributed by atoms with Crippen LogP contribution in [0.1, 0.15) is 18.9 Å². The third kappa shape index (κ3) is 5.38. The third-order valence-corrected chi connectivity index (χ3v) is 2.51. The highest BCUT2D eigenvalue weighted by atomic mass is 35.5. The maximum Gasteiger partial charge on any atom is 0.349 e.